The molecule has 1 aromatic carbocycles. The molecule has 1 amide bonds. The highest BCUT2D eigenvalue weighted by molar-refractivity contribution is 7.88. The van der Waals surface area contributed by atoms with E-state index in [1.54, 1.807) is 24.3 Å². The minimum Gasteiger partial charge on any atom is -0.323 e. The van der Waals surface area contributed by atoms with Gasteiger partial charge in [0.2, 0.25) is 15.9 Å². The number of hydrogen-bond donors (Lipinski definition) is 2. The molecule has 0 aliphatic rings. The number of para-hydroxylation sites is 2. The van der Waals surface area contributed by atoms with Gasteiger partial charge in [0, 0.05) is 7.05 Å². The van der Waals surface area contributed by atoms with Crippen LogP contribution in [-0.2, 0) is 14.8 Å². The maximum atomic E-state index is 12.2. The molecule has 136 valence electrons. The molecule has 0 spiro atoms. The number of nitrogens with one attached hydrogen (secondary N) is 2. The average Bonchev–Trinajstić information content (AvgIpc) is 2.99. The molecule has 2 N–H and O–H groups in total. The van der Waals surface area contributed by atoms with Gasteiger partial charge in [-0.25, -0.2) is 18.1 Å². The lowest BCUT2D eigenvalue weighted by molar-refractivity contribution is -0.116. The highest BCUT2D eigenvalue weighted by atomic mass is 32.2. The number of likely N-dealkylation sites (N-methyl/N-ethyl adjacent to an activating group) is 1. The van der Waals surface area contributed by atoms with Gasteiger partial charge in [0.1, 0.15) is 5.39 Å². The first-order valence-electron chi connectivity index (χ1n) is 7.49. The number of benzene rings is 1. The van der Waals surface area contributed by atoms with Crippen LogP contribution in [0.15, 0.2) is 41.6 Å². The van der Waals surface area contributed by atoms with E-state index in [0.717, 1.165) is 10.6 Å². The van der Waals surface area contributed by atoms with Gasteiger partial charge >= 0.3 is 0 Å². The van der Waals surface area contributed by atoms with Crippen molar-refractivity contribution in [3.63, 3.8) is 0 Å². The van der Waals surface area contributed by atoms with Crippen molar-refractivity contribution in [2.24, 2.45) is 0 Å². The number of amides is 1. The Kier molecular flexibility index (Phi) is 4.57. The second kappa shape index (κ2) is 6.69. The van der Waals surface area contributed by atoms with Crippen molar-refractivity contribution in [3.8, 4) is 5.69 Å². The fourth-order valence-corrected chi connectivity index (χ4v) is 2.66. The number of rotatable bonds is 5. The van der Waals surface area contributed by atoms with E-state index in [-0.39, 0.29) is 12.1 Å². The molecule has 10 nitrogen and oxygen atoms in total. The van der Waals surface area contributed by atoms with Crippen LogP contribution in [0.3, 0.4) is 0 Å². The Morgan fingerprint density at radius 2 is 2.08 bits per heavy atom. The van der Waals surface area contributed by atoms with Gasteiger partial charge < -0.3 is 10.3 Å². The summed E-state index contributed by atoms with van der Waals surface area (Å²) in [6.45, 7) is -0.328. The summed E-state index contributed by atoms with van der Waals surface area (Å²) in [6, 6.07) is 6.80. The number of hydrogen-bond acceptors (Lipinski definition) is 6. The van der Waals surface area contributed by atoms with Gasteiger partial charge in [-0.05, 0) is 12.1 Å². The lowest BCUT2D eigenvalue weighted by Crippen LogP contribution is -2.34. The Labute approximate surface area is 148 Å². The molecule has 3 rings (SSSR count). The zero-order chi connectivity index (χ0) is 18.9. The van der Waals surface area contributed by atoms with E-state index < -0.39 is 15.9 Å². The molecule has 11 heteroatoms. The fourth-order valence-electron chi connectivity index (χ4n) is 2.31. The van der Waals surface area contributed by atoms with Crippen LogP contribution in [0.5, 0.6) is 0 Å². The van der Waals surface area contributed by atoms with E-state index in [0.29, 0.717) is 22.4 Å². The standard InChI is InChI=1S/C15H16N6O4S/c1-20(26(2,24)25)8-13(22)19-11-5-3-4-6-12(11)21-14-10(7-18-21)15(23)17-9-16-14/h3-7,9H,8H2,1-2H3,(H,19,22)(H,16,17,23). The summed E-state index contributed by atoms with van der Waals surface area (Å²) in [5.41, 5.74) is 0.920. The molecule has 3 aromatic rings. The number of carbonyl (C=O) groups is 1. The number of aromatic nitrogens is 4. The van der Waals surface area contributed by atoms with Gasteiger partial charge in [-0.2, -0.15) is 9.40 Å². The second-order valence-electron chi connectivity index (χ2n) is 5.61. The lowest BCUT2D eigenvalue weighted by atomic mass is 10.2. The number of nitrogens with zero attached hydrogens (tertiary/aromatic N) is 4. The molecule has 0 aliphatic heterocycles. The number of sulfonamides is 1. The Morgan fingerprint density at radius 1 is 1.35 bits per heavy atom. The zero-order valence-corrected chi connectivity index (χ0v) is 14.8. The van der Waals surface area contributed by atoms with Crippen LogP contribution in [-0.4, -0.2) is 58.2 Å². The van der Waals surface area contributed by atoms with Crippen molar-refractivity contribution in [2.75, 3.05) is 25.2 Å². The molecular weight excluding hydrogens is 360 g/mol. The van der Waals surface area contributed by atoms with Gasteiger partial charge in [0.25, 0.3) is 5.56 Å². The summed E-state index contributed by atoms with van der Waals surface area (Å²) in [4.78, 5) is 30.6. The molecule has 0 saturated carbocycles. The van der Waals surface area contributed by atoms with Crippen LogP contribution in [0.4, 0.5) is 5.69 Å². The highest BCUT2D eigenvalue weighted by Gasteiger charge is 2.17. The molecule has 0 atom stereocenters. The Morgan fingerprint density at radius 3 is 2.81 bits per heavy atom. The lowest BCUT2D eigenvalue weighted by Gasteiger charge is -2.15. The molecule has 2 heterocycles. The fraction of sp³-hybridized carbons (Fsp3) is 0.200. The molecule has 0 aliphatic carbocycles. The minimum absolute atomic E-state index is 0.311. The second-order valence-corrected chi connectivity index (χ2v) is 7.70. The van der Waals surface area contributed by atoms with Crippen molar-refractivity contribution in [1.82, 2.24) is 24.1 Å². The number of fused-ring (bicyclic) bond motifs is 1. The molecule has 0 fully saturated rings. The molecule has 26 heavy (non-hydrogen) atoms. The minimum atomic E-state index is -3.47. The van der Waals surface area contributed by atoms with Gasteiger partial charge in [-0.15, -0.1) is 0 Å². The van der Waals surface area contributed by atoms with Crippen LogP contribution in [0, 0.1) is 0 Å². The summed E-state index contributed by atoms with van der Waals surface area (Å²) < 4.78 is 25.3. The molecule has 0 radical (unpaired) electrons. The molecule has 2 aromatic heterocycles. The van der Waals surface area contributed by atoms with Crippen molar-refractivity contribution in [3.05, 3.63) is 47.1 Å². The third kappa shape index (κ3) is 3.48. The number of H-pyrrole nitrogens is 1. The first kappa shape index (κ1) is 17.8. The summed E-state index contributed by atoms with van der Waals surface area (Å²) in [5.74, 6) is -0.507. The molecule has 0 bridgehead atoms. The van der Waals surface area contributed by atoms with Crippen molar-refractivity contribution >= 4 is 32.7 Å². The third-order valence-corrected chi connectivity index (χ3v) is 4.97. The maximum absolute atomic E-state index is 12.2. The quantitative estimate of drug-likeness (QED) is 0.641. The summed E-state index contributed by atoms with van der Waals surface area (Å²) in [5, 5.41) is 7.14. The van der Waals surface area contributed by atoms with Gasteiger partial charge in [0.05, 0.1) is 36.7 Å². The summed E-state index contributed by atoms with van der Waals surface area (Å²) in [7, 11) is -2.15. The first-order chi connectivity index (χ1) is 12.3. The van der Waals surface area contributed by atoms with E-state index in [1.165, 1.54) is 24.3 Å². The number of carbonyl (C=O) groups excluding carboxylic acids is 1. The van der Waals surface area contributed by atoms with Crippen molar-refractivity contribution in [2.45, 2.75) is 0 Å². The van der Waals surface area contributed by atoms with Gasteiger partial charge in [-0.1, -0.05) is 12.1 Å². The van der Waals surface area contributed by atoms with E-state index in [4.69, 9.17) is 0 Å². The average molecular weight is 376 g/mol. The van der Waals surface area contributed by atoms with Gasteiger partial charge in [-0.3, -0.25) is 9.59 Å². The van der Waals surface area contributed by atoms with Crippen LogP contribution >= 0.6 is 0 Å². The largest absolute Gasteiger partial charge is 0.323 e. The monoisotopic (exact) mass is 376 g/mol. The molecule has 0 saturated heterocycles. The number of aromatic amines is 1. The first-order valence-corrected chi connectivity index (χ1v) is 9.34. The van der Waals surface area contributed by atoms with Gasteiger partial charge in [0.15, 0.2) is 5.65 Å². The third-order valence-electron chi connectivity index (χ3n) is 3.71. The van der Waals surface area contributed by atoms with Crippen LogP contribution in [0.25, 0.3) is 16.7 Å². The van der Waals surface area contributed by atoms with E-state index in [2.05, 4.69) is 20.4 Å². The topological polar surface area (TPSA) is 130 Å². The van der Waals surface area contributed by atoms with E-state index in [9.17, 15) is 18.0 Å². The molecular formula is C15H16N6O4S. The van der Waals surface area contributed by atoms with E-state index >= 15 is 0 Å². The van der Waals surface area contributed by atoms with Crippen LogP contribution in [0.1, 0.15) is 0 Å². The predicted octanol–water partition coefficient (Wildman–Crippen LogP) is -0.0613. The number of anilines is 1. The van der Waals surface area contributed by atoms with Crippen LogP contribution < -0.4 is 10.9 Å². The maximum Gasteiger partial charge on any atom is 0.261 e. The van der Waals surface area contributed by atoms with Crippen molar-refractivity contribution < 1.29 is 13.2 Å². The molecule has 0 unspecified atom stereocenters. The van der Waals surface area contributed by atoms with Crippen molar-refractivity contribution in [1.29, 1.82) is 0 Å². The Hall–Kier alpha value is -3.05. The smallest absolute Gasteiger partial charge is 0.261 e. The Balaban J connectivity index is 1.95. The van der Waals surface area contributed by atoms with Crippen LogP contribution in [0.2, 0.25) is 0 Å². The normalized spacial score (nSPS) is 11.8. The Bertz CT molecular complexity index is 1130. The predicted molar refractivity (Wildman–Crippen MR) is 95.6 cm³/mol. The SMILES string of the molecule is CN(CC(=O)Nc1ccccc1-n1ncc2c(=O)[nH]cnc21)S(C)(=O)=O. The summed E-state index contributed by atoms with van der Waals surface area (Å²) in [6.07, 6.45) is 3.68. The van der Waals surface area contributed by atoms with E-state index in [1.807, 2.05) is 0 Å². The highest BCUT2D eigenvalue weighted by Crippen LogP contribution is 2.22. The zero-order valence-electron chi connectivity index (χ0n) is 14.0. The summed E-state index contributed by atoms with van der Waals surface area (Å²) >= 11 is 0.